The van der Waals surface area contributed by atoms with E-state index in [9.17, 15) is 22.8 Å². The smallest absolute Gasteiger partial charge is 0.389 e. The number of carbonyl (C=O) groups is 2. The Morgan fingerprint density at radius 3 is 1.79 bits per heavy atom. The molecule has 0 unspecified atom stereocenters. The lowest BCUT2D eigenvalue weighted by Crippen LogP contribution is -2.50. The van der Waals surface area contributed by atoms with E-state index >= 15 is 0 Å². The van der Waals surface area contributed by atoms with Crippen molar-refractivity contribution in [3.8, 4) is 5.75 Å². The first-order valence-electron chi connectivity index (χ1n) is 13.3. The summed E-state index contributed by atoms with van der Waals surface area (Å²) in [5.41, 5.74) is -0.291. The zero-order chi connectivity index (χ0) is 29.0. The maximum Gasteiger partial charge on any atom is 0.389 e. The van der Waals surface area contributed by atoms with Crippen molar-refractivity contribution >= 4 is 18.0 Å². The third-order valence-electron chi connectivity index (χ3n) is 7.09. The predicted molar refractivity (Wildman–Crippen MR) is 144 cm³/mol. The van der Waals surface area contributed by atoms with Crippen LogP contribution in [0.25, 0.3) is 6.08 Å². The Kier molecular flexibility index (Phi) is 12.9. The van der Waals surface area contributed by atoms with Gasteiger partial charge in [0.15, 0.2) is 0 Å². The Morgan fingerprint density at radius 1 is 0.737 bits per heavy atom. The lowest BCUT2D eigenvalue weighted by Gasteiger charge is -2.48. The van der Waals surface area contributed by atoms with Gasteiger partial charge in [0.05, 0.1) is 25.2 Å². The molecule has 5 nitrogen and oxygen atoms in total. The van der Waals surface area contributed by atoms with Crippen molar-refractivity contribution in [3.63, 3.8) is 0 Å². The SMILES string of the molecule is CC(C)(C)C(C)(C(=O)OCCCCCCOc1ccc(/C=C/C(=O)OCCCC(F)(F)F)cc1)C(C)(C)C. The number of esters is 2. The highest BCUT2D eigenvalue weighted by Crippen LogP contribution is 2.52. The molecule has 38 heavy (non-hydrogen) atoms. The summed E-state index contributed by atoms with van der Waals surface area (Å²) in [4.78, 5) is 24.5. The van der Waals surface area contributed by atoms with Gasteiger partial charge in [-0.3, -0.25) is 4.79 Å². The first-order valence-corrected chi connectivity index (χ1v) is 13.3. The quantitative estimate of drug-likeness (QED) is 0.135. The van der Waals surface area contributed by atoms with Crippen LogP contribution in [0.3, 0.4) is 0 Å². The molecule has 0 aliphatic carbocycles. The van der Waals surface area contributed by atoms with E-state index in [-0.39, 0.29) is 29.8 Å². The molecule has 1 aromatic carbocycles. The minimum absolute atomic E-state index is 0.142. The number of halogens is 3. The van der Waals surface area contributed by atoms with Crippen molar-refractivity contribution in [2.75, 3.05) is 19.8 Å². The van der Waals surface area contributed by atoms with Crippen LogP contribution in [0.4, 0.5) is 13.2 Å². The summed E-state index contributed by atoms with van der Waals surface area (Å²) in [7, 11) is 0. The van der Waals surface area contributed by atoms with E-state index in [0.717, 1.165) is 31.2 Å². The van der Waals surface area contributed by atoms with Gasteiger partial charge < -0.3 is 14.2 Å². The van der Waals surface area contributed by atoms with Crippen LogP contribution < -0.4 is 4.74 Å². The van der Waals surface area contributed by atoms with Crippen LogP contribution in [0.5, 0.6) is 5.75 Å². The summed E-state index contributed by atoms with van der Waals surface area (Å²) in [5, 5.41) is 0. The Hall–Kier alpha value is -2.51. The molecule has 0 aliphatic rings. The van der Waals surface area contributed by atoms with E-state index in [4.69, 9.17) is 14.2 Å². The molecule has 1 aromatic rings. The van der Waals surface area contributed by atoms with E-state index in [1.165, 1.54) is 12.2 Å². The number of hydrogen-bond donors (Lipinski definition) is 0. The molecule has 0 bridgehead atoms. The van der Waals surface area contributed by atoms with Crippen LogP contribution in [0.1, 0.15) is 92.6 Å². The van der Waals surface area contributed by atoms with Crippen LogP contribution >= 0.6 is 0 Å². The molecule has 0 fully saturated rings. The topological polar surface area (TPSA) is 61.8 Å². The Morgan fingerprint density at radius 2 is 1.26 bits per heavy atom. The molecule has 0 spiro atoms. The number of unbranched alkanes of at least 4 members (excludes halogenated alkanes) is 3. The molecule has 0 radical (unpaired) electrons. The van der Waals surface area contributed by atoms with Crippen LogP contribution in [-0.4, -0.2) is 37.9 Å². The second-order valence-corrected chi connectivity index (χ2v) is 11.8. The number of benzene rings is 1. The first-order chi connectivity index (χ1) is 17.5. The highest BCUT2D eigenvalue weighted by molar-refractivity contribution is 5.87. The minimum atomic E-state index is -4.25. The van der Waals surface area contributed by atoms with E-state index in [1.54, 1.807) is 24.3 Å². The lowest BCUT2D eigenvalue weighted by atomic mass is 9.55. The summed E-state index contributed by atoms with van der Waals surface area (Å²) in [6.45, 7) is 15.2. The van der Waals surface area contributed by atoms with Gasteiger partial charge in [0.25, 0.3) is 0 Å². The molecule has 8 heteroatoms. The molecule has 0 atom stereocenters. The second-order valence-electron chi connectivity index (χ2n) is 11.8. The largest absolute Gasteiger partial charge is 0.494 e. The molecule has 0 saturated carbocycles. The second kappa shape index (κ2) is 14.6. The van der Waals surface area contributed by atoms with Crippen LogP contribution in [0.2, 0.25) is 0 Å². The third kappa shape index (κ3) is 11.5. The Bertz CT molecular complexity index is 876. The number of ether oxygens (including phenoxy) is 3. The monoisotopic (exact) mass is 542 g/mol. The first kappa shape index (κ1) is 33.5. The van der Waals surface area contributed by atoms with Crippen molar-refractivity contribution in [1.82, 2.24) is 0 Å². The number of alkyl halides is 3. The maximum absolute atomic E-state index is 12.9. The van der Waals surface area contributed by atoms with Gasteiger partial charge in [-0.15, -0.1) is 0 Å². The van der Waals surface area contributed by atoms with Gasteiger partial charge in [-0.05, 0) is 73.6 Å². The summed E-state index contributed by atoms with van der Waals surface area (Å²) in [6, 6.07) is 7.13. The molecule has 216 valence electrons. The molecule has 0 heterocycles. The van der Waals surface area contributed by atoms with Gasteiger partial charge in [-0.25, -0.2) is 4.79 Å². The highest BCUT2D eigenvalue weighted by atomic mass is 19.4. The van der Waals surface area contributed by atoms with Crippen molar-refractivity contribution in [2.45, 2.75) is 93.2 Å². The Balaban J connectivity index is 2.26. The molecule has 0 saturated heterocycles. The van der Waals surface area contributed by atoms with Crippen molar-refractivity contribution in [1.29, 1.82) is 0 Å². The zero-order valence-corrected chi connectivity index (χ0v) is 24.0. The number of hydrogen-bond acceptors (Lipinski definition) is 5. The average molecular weight is 543 g/mol. The van der Waals surface area contributed by atoms with Gasteiger partial charge in [-0.2, -0.15) is 13.2 Å². The fraction of sp³-hybridized carbons (Fsp3) is 0.667. The highest BCUT2D eigenvalue weighted by Gasteiger charge is 2.53. The molecule has 0 aliphatic heterocycles. The van der Waals surface area contributed by atoms with E-state index in [1.807, 2.05) is 6.92 Å². The average Bonchev–Trinajstić information content (AvgIpc) is 2.80. The molecule has 0 N–H and O–H groups in total. The van der Waals surface area contributed by atoms with Crippen LogP contribution in [0, 0.1) is 16.2 Å². The van der Waals surface area contributed by atoms with Gasteiger partial charge in [0, 0.05) is 12.5 Å². The fourth-order valence-corrected chi connectivity index (χ4v) is 4.13. The number of rotatable bonds is 14. The summed E-state index contributed by atoms with van der Waals surface area (Å²) < 4.78 is 52.4. The van der Waals surface area contributed by atoms with E-state index in [2.05, 4.69) is 41.5 Å². The van der Waals surface area contributed by atoms with Gasteiger partial charge in [0.1, 0.15) is 5.75 Å². The molecular formula is C30H45F3O5. The molecule has 0 aromatic heterocycles. The van der Waals surface area contributed by atoms with Crippen molar-refractivity contribution < 1.29 is 37.0 Å². The third-order valence-corrected chi connectivity index (χ3v) is 7.09. The standard InChI is InChI=1S/C30H45F3O5/c1-27(2,3)29(7,28(4,5)6)26(35)38-21-11-9-8-10-20-36-24-16-13-23(14-17-24)15-18-25(34)37-22-12-19-30(31,32)33/h13-18H,8-12,19-22H2,1-7H3/b18-15+. The summed E-state index contributed by atoms with van der Waals surface area (Å²) >= 11 is 0. The maximum atomic E-state index is 12.9. The van der Waals surface area contributed by atoms with E-state index in [0.29, 0.717) is 19.0 Å². The van der Waals surface area contributed by atoms with Gasteiger partial charge in [-0.1, -0.05) is 53.7 Å². The Labute approximate surface area is 226 Å². The number of carbonyl (C=O) groups excluding carboxylic acids is 2. The summed E-state index contributed by atoms with van der Waals surface area (Å²) in [5.74, 6) is -0.119. The molecule has 1 rings (SSSR count). The van der Waals surface area contributed by atoms with Crippen molar-refractivity contribution in [3.05, 3.63) is 35.9 Å². The molecular weight excluding hydrogens is 497 g/mol. The van der Waals surface area contributed by atoms with Gasteiger partial charge in [0.2, 0.25) is 0 Å². The zero-order valence-electron chi connectivity index (χ0n) is 24.0. The van der Waals surface area contributed by atoms with Crippen molar-refractivity contribution in [2.24, 2.45) is 16.2 Å². The summed E-state index contributed by atoms with van der Waals surface area (Å²) in [6.07, 6.45) is 0.824. The van der Waals surface area contributed by atoms with Gasteiger partial charge >= 0.3 is 18.1 Å². The lowest BCUT2D eigenvalue weighted by molar-refractivity contribution is -0.173. The minimum Gasteiger partial charge on any atom is -0.494 e. The fourth-order valence-electron chi connectivity index (χ4n) is 4.13. The van der Waals surface area contributed by atoms with Crippen LogP contribution in [0.15, 0.2) is 30.3 Å². The van der Waals surface area contributed by atoms with E-state index < -0.39 is 24.0 Å². The normalized spacial score (nSPS) is 13.0. The molecule has 0 amide bonds. The van der Waals surface area contributed by atoms with Crippen LogP contribution in [-0.2, 0) is 19.1 Å². The predicted octanol–water partition coefficient (Wildman–Crippen LogP) is 8.17.